The number of hydrogen-bond donors (Lipinski definition) is 1. The summed E-state index contributed by atoms with van der Waals surface area (Å²) in [5.41, 5.74) is 4.26. The monoisotopic (exact) mass is 483 g/mol. The van der Waals surface area contributed by atoms with Gasteiger partial charge in [0.25, 0.3) is 15.9 Å². The van der Waals surface area contributed by atoms with E-state index in [0.29, 0.717) is 36.9 Å². The van der Waals surface area contributed by atoms with Gasteiger partial charge in [-0.2, -0.15) is 0 Å². The normalized spacial score (nSPS) is 14.3. The maximum Gasteiger partial charge on any atom is 0.261 e. The summed E-state index contributed by atoms with van der Waals surface area (Å²) in [5.74, 6) is -0.207. The zero-order valence-corrected chi connectivity index (χ0v) is 20.2. The number of hydrogen-bond acceptors (Lipinski definition) is 4. The van der Waals surface area contributed by atoms with E-state index in [0.717, 1.165) is 0 Å². The number of piperazine rings is 1. The maximum atomic E-state index is 13.2. The molecule has 33 heavy (non-hydrogen) atoms. The lowest BCUT2D eigenvalue weighted by Gasteiger charge is -2.37. The highest BCUT2D eigenvalue weighted by Gasteiger charge is 2.25. The Bertz CT molecular complexity index is 1270. The molecule has 0 unspecified atom stereocenters. The minimum absolute atomic E-state index is 0.149. The van der Waals surface area contributed by atoms with E-state index in [1.165, 1.54) is 35.0 Å². The summed E-state index contributed by atoms with van der Waals surface area (Å²) < 4.78 is 27.8. The van der Waals surface area contributed by atoms with E-state index in [2.05, 4.69) is 41.7 Å². The van der Waals surface area contributed by atoms with Gasteiger partial charge in [0.2, 0.25) is 0 Å². The first kappa shape index (κ1) is 23.1. The number of carbonyl (C=O) groups is 1. The number of halogens is 1. The first-order valence-corrected chi connectivity index (χ1v) is 12.6. The molecule has 3 aromatic carbocycles. The van der Waals surface area contributed by atoms with Crippen molar-refractivity contribution in [2.75, 3.05) is 35.8 Å². The topological polar surface area (TPSA) is 69.7 Å². The van der Waals surface area contributed by atoms with E-state index in [9.17, 15) is 13.2 Å². The highest BCUT2D eigenvalue weighted by molar-refractivity contribution is 7.92. The van der Waals surface area contributed by atoms with Gasteiger partial charge in [-0.3, -0.25) is 9.52 Å². The number of amides is 1. The minimum Gasteiger partial charge on any atom is -0.368 e. The lowest BCUT2D eigenvalue weighted by atomic mass is 10.1. The fourth-order valence-electron chi connectivity index (χ4n) is 3.97. The van der Waals surface area contributed by atoms with Crippen molar-refractivity contribution in [3.63, 3.8) is 0 Å². The quantitative estimate of drug-likeness (QED) is 0.570. The van der Waals surface area contributed by atoms with Crippen LogP contribution in [0.1, 0.15) is 21.5 Å². The number of anilines is 2. The predicted molar refractivity (Wildman–Crippen MR) is 133 cm³/mol. The van der Waals surface area contributed by atoms with Crippen molar-refractivity contribution in [2.45, 2.75) is 18.7 Å². The average molecular weight is 484 g/mol. The number of nitrogens with zero attached hydrogens (tertiary/aromatic N) is 2. The predicted octanol–water partition coefficient (Wildman–Crippen LogP) is 4.72. The Kier molecular flexibility index (Phi) is 6.63. The molecule has 6 nitrogen and oxygen atoms in total. The molecule has 0 bridgehead atoms. The van der Waals surface area contributed by atoms with Crippen LogP contribution < -0.4 is 9.62 Å². The zero-order valence-electron chi connectivity index (χ0n) is 18.6. The van der Waals surface area contributed by atoms with Crippen LogP contribution in [0.2, 0.25) is 5.02 Å². The smallest absolute Gasteiger partial charge is 0.261 e. The summed E-state index contributed by atoms with van der Waals surface area (Å²) in [6.07, 6.45) is 0. The molecule has 172 valence electrons. The van der Waals surface area contributed by atoms with E-state index in [1.54, 1.807) is 35.2 Å². The second-order valence-corrected chi connectivity index (χ2v) is 10.2. The van der Waals surface area contributed by atoms with E-state index in [4.69, 9.17) is 11.6 Å². The Morgan fingerprint density at radius 3 is 2.30 bits per heavy atom. The van der Waals surface area contributed by atoms with Crippen molar-refractivity contribution in [3.05, 3.63) is 88.4 Å². The number of sulfonamides is 1. The molecule has 0 saturated carbocycles. The average Bonchev–Trinajstić information content (AvgIpc) is 2.82. The largest absolute Gasteiger partial charge is 0.368 e. The summed E-state index contributed by atoms with van der Waals surface area (Å²) >= 11 is 6.33. The molecule has 4 rings (SSSR count). The van der Waals surface area contributed by atoms with E-state index >= 15 is 0 Å². The molecule has 0 spiro atoms. The van der Waals surface area contributed by atoms with Crippen LogP contribution in [0.15, 0.2) is 71.6 Å². The number of carbonyl (C=O) groups excluding carboxylic acids is 1. The van der Waals surface area contributed by atoms with Gasteiger partial charge in [-0.1, -0.05) is 41.9 Å². The van der Waals surface area contributed by atoms with Crippen LogP contribution in [-0.2, 0) is 10.0 Å². The first-order valence-electron chi connectivity index (χ1n) is 10.7. The molecule has 0 aromatic heterocycles. The van der Waals surface area contributed by atoms with Crippen LogP contribution in [0, 0.1) is 13.8 Å². The fraction of sp³-hybridized carbons (Fsp3) is 0.240. The summed E-state index contributed by atoms with van der Waals surface area (Å²) in [6.45, 7) is 6.76. The van der Waals surface area contributed by atoms with Crippen LogP contribution in [0.4, 0.5) is 11.4 Å². The number of benzene rings is 3. The third-order valence-corrected chi connectivity index (χ3v) is 7.71. The van der Waals surface area contributed by atoms with Crippen molar-refractivity contribution in [2.24, 2.45) is 0 Å². The Labute approximate surface area is 199 Å². The third-order valence-electron chi connectivity index (χ3n) is 5.99. The summed E-state index contributed by atoms with van der Waals surface area (Å²) in [6, 6.07) is 18.9. The van der Waals surface area contributed by atoms with Gasteiger partial charge in [0.05, 0.1) is 15.5 Å². The van der Waals surface area contributed by atoms with Crippen molar-refractivity contribution in [3.8, 4) is 0 Å². The van der Waals surface area contributed by atoms with E-state index in [1.807, 2.05) is 0 Å². The van der Waals surface area contributed by atoms with Crippen LogP contribution in [0.5, 0.6) is 0 Å². The van der Waals surface area contributed by atoms with Crippen LogP contribution >= 0.6 is 11.6 Å². The molecule has 1 aliphatic rings. The van der Waals surface area contributed by atoms with Crippen LogP contribution in [-0.4, -0.2) is 45.4 Å². The van der Waals surface area contributed by atoms with Crippen LogP contribution in [0.3, 0.4) is 0 Å². The minimum atomic E-state index is -3.76. The van der Waals surface area contributed by atoms with Gasteiger partial charge in [-0.05, 0) is 61.4 Å². The molecule has 1 saturated heterocycles. The number of aryl methyl sites for hydroxylation is 1. The highest BCUT2D eigenvalue weighted by Crippen LogP contribution is 2.27. The van der Waals surface area contributed by atoms with E-state index in [-0.39, 0.29) is 16.4 Å². The molecule has 3 aromatic rings. The SMILES string of the molecule is Cc1cccc(N2CCN(C(=O)c3cc(NS(=O)(=O)c4ccccc4)ccc3Cl)CC2)c1C. The van der Waals surface area contributed by atoms with Gasteiger partial charge in [-0.25, -0.2) is 8.42 Å². The lowest BCUT2D eigenvalue weighted by molar-refractivity contribution is 0.0747. The Morgan fingerprint density at radius 2 is 1.61 bits per heavy atom. The second kappa shape index (κ2) is 9.45. The van der Waals surface area contributed by atoms with Gasteiger partial charge in [0.15, 0.2) is 0 Å². The standard InChI is InChI=1S/C25H26ClN3O3S/c1-18-7-6-10-24(19(18)2)28-13-15-29(16-14-28)25(30)22-17-20(11-12-23(22)26)27-33(31,32)21-8-4-3-5-9-21/h3-12,17,27H,13-16H2,1-2H3. The molecule has 1 N–H and O–H groups in total. The Balaban J connectivity index is 1.48. The highest BCUT2D eigenvalue weighted by atomic mass is 35.5. The molecular formula is C25H26ClN3O3S. The molecular weight excluding hydrogens is 458 g/mol. The molecule has 0 radical (unpaired) electrons. The number of rotatable bonds is 5. The number of nitrogens with one attached hydrogen (secondary N) is 1. The van der Waals surface area contributed by atoms with Crippen molar-refractivity contribution in [1.82, 2.24) is 4.90 Å². The first-order chi connectivity index (χ1) is 15.8. The summed E-state index contributed by atoms with van der Waals surface area (Å²) in [5, 5.41) is 0.291. The molecule has 1 fully saturated rings. The van der Waals surface area contributed by atoms with Gasteiger partial charge in [-0.15, -0.1) is 0 Å². The third kappa shape index (κ3) is 4.99. The summed E-state index contributed by atoms with van der Waals surface area (Å²) in [7, 11) is -3.76. The Morgan fingerprint density at radius 1 is 0.909 bits per heavy atom. The van der Waals surface area contributed by atoms with Gasteiger partial charge in [0.1, 0.15) is 0 Å². The maximum absolute atomic E-state index is 13.2. The fourth-order valence-corrected chi connectivity index (χ4v) is 5.23. The van der Waals surface area contributed by atoms with Crippen LogP contribution in [0.25, 0.3) is 0 Å². The van der Waals surface area contributed by atoms with Gasteiger partial charge in [0, 0.05) is 37.6 Å². The zero-order chi connectivity index (χ0) is 23.6. The molecule has 0 aliphatic carbocycles. The van der Waals surface area contributed by atoms with Gasteiger partial charge >= 0.3 is 0 Å². The molecule has 0 atom stereocenters. The van der Waals surface area contributed by atoms with Gasteiger partial charge < -0.3 is 9.80 Å². The lowest BCUT2D eigenvalue weighted by Crippen LogP contribution is -2.49. The second-order valence-electron chi connectivity index (χ2n) is 8.11. The molecule has 1 heterocycles. The Hall–Kier alpha value is -3.03. The molecule has 8 heteroatoms. The molecule has 1 amide bonds. The summed E-state index contributed by atoms with van der Waals surface area (Å²) in [4.78, 5) is 17.4. The van der Waals surface area contributed by atoms with Crippen molar-refractivity contribution < 1.29 is 13.2 Å². The molecule has 1 aliphatic heterocycles. The van der Waals surface area contributed by atoms with Crippen molar-refractivity contribution in [1.29, 1.82) is 0 Å². The van der Waals surface area contributed by atoms with Crippen molar-refractivity contribution >= 4 is 38.9 Å². The van der Waals surface area contributed by atoms with E-state index < -0.39 is 10.0 Å².